The van der Waals surface area contributed by atoms with Gasteiger partial charge in [-0.25, -0.2) is 0 Å². The Labute approximate surface area is 114 Å². The molecule has 0 radical (unpaired) electrons. The van der Waals surface area contributed by atoms with E-state index in [1.165, 1.54) is 24.0 Å². The number of hydrogen-bond donors (Lipinski definition) is 2. The van der Waals surface area contributed by atoms with Gasteiger partial charge in [0.25, 0.3) is 0 Å². The Hall–Kier alpha value is -1.80. The third-order valence-electron chi connectivity index (χ3n) is 3.89. The summed E-state index contributed by atoms with van der Waals surface area (Å²) in [5.41, 5.74) is 4.87. The topological polar surface area (TPSA) is 32.3 Å². The van der Waals surface area contributed by atoms with E-state index < -0.39 is 0 Å². The molecular formula is C17H19NO. The molecule has 2 N–H and O–H groups in total. The van der Waals surface area contributed by atoms with Gasteiger partial charge in [0.1, 0.15) is 0 Å². The number of anilines is 1. The van der Waals surface area contributed by atoms with Crippen LogP contribution in [0.1, 0.15) is 35.6 Å². The van der Waals surface area contributed by atoms with Gasteiger partial charge in [0.2, 0.25) is 0 Å². The van der Waals surface area contributed by atoms with Gasteiger partial charge in [0.15, 0.2) is 0 Å². The average Bonchev–Trinajstić information content (AvgIpc) is 2.48. The van der Waals surface area contributed by atoms with E-state index in [2.05, 4.69) is 29.6 Å². The zero-order valence-corrected chi connectivity index (χ0v) is 11.0. The van der Waals surface area contributed by atoms with Crippen LogP contribution in [0.4, 0.5) is 5.69 Å². The van der Waals surface area contributed by atoms with E-state index in [0.717, 1.165) is 17.7 Å². The van der Waals surface area contributed by atoms with Crippen LogP contribution in [0, 0.1) is 0 Å². The van der Waals surface area contributed by atoms with Crippen molar-refractivity contribution in [3.05, 3.63) is 65.2 Å². The molecule has 1 unspecified atom stereocenters. The predicted octanol–water partition coefficient (Wildman–Crippen LogP) is 3.67. The number of aliphatic hydroxyl groups excluding tert-OH is 1. The number of hydrogen-bond acceptors (Lipinski definition) is 2. The van der Waals surface area contributed by atoms with E-state index in [0.29, 0.717) is 6.04 Å². The highest BCUT2D eigenvalue weighted by atomic mass is 16.3. The van der Waals surface area contributed by atoms with Crippen LogP contribution < -0.4 is 5.32 Å². The van der Waals surface area contributed by atoms with Gasteiger partial charge >= 0.3 is 0 Å². The van der Waals surface area contributed by atoms with Crippen LogP contribution in [0.2, 0.25) is 0 Å². The van der Waals surface area contributed by atoms with E-state index in [1.54, 1.807) is 0 Å². The highest BCUT2D eigenvalue weighted by Crippen LogP contribution is 2.33. The number of rotatable bonds is 3. The summed E-state index contributed by atoms with van der Waals surface area (Å²) in [5, 5.41) is 13.0. The van der Waals surface area contributed by atoms with E-state index in [1.807, 2.05) is 24.3 Å². The summed E-state index contributed by atoms with van der Waals surface area (Å²) in [6, 6.07) is 17.0. The third kappa shape index (κ3) is 2.49. The molecule has 0 aliphatic heterocycles. The van der Waals surface area contributed by atoms with Crippen molar-refractivity contribution in [2.24, 2.45) is 0 Å². The molecule has 2 heteroatoms. The van der Waals surface area contributed by atoms with Crippen LogP contribution in [-0.2, 0) is 13.0 Å². The van der Waals surface area contributed by atoms with Crippen molar-refractivity contribution in [2.75, 3.05) is 5.32 Å². The summed E-state index contributed by atoms with van der Waals surface area (Å²) in [6.07, 6.45) is 3.54. The van der Waals surface area contributed by atoms with E-state index in [-0.39, 0.29) is 6.61 Å². The lowest BCUT2D eigenvalue weighted by molar-refractivity contribution is 0.282. The first-order chi connectivity index (χ1) is 9.38. The van der Waals surface area contributed by atoms with Gasteiger partial charge in [-0.15, -0.1) is 0 Å². The molecule has 1 atom stereocenters. The highest BCUT2D eigenvalue weighted by Gasteiger charge is 2.19. The van der Waals surface area contributed by atoms with E-state index in [9.17, 15) is 5.11 Å². The monoisotopic (exact) mass is 253 g/mol. The van der Waals surface area contributed by atoms with Crippen molar-refractivity contribution in [1.29, 1.82) is 0 Å². The minimum absolute atomic E-state index is 0.0809. The zero-order valence-electron chi connectivity index (χ0n) is 11.0. The van der Waals surface area contributed by atoms with Crippen LogP contribution in [0.25, 0.3) is 0 Å². The molecule has 2 aromatic carbocycles. The van der Waals surface area contributed by atoms with Crippen molar-refractivity contribution in [1.82, 2.24) is 0 Å². The molecule has 0 aromatic heterocycles. The molecule has 3 rings (SSSR count). The SMILES string of the molecule is OCc1ccccc1NC1CCCc2ccccc21. The molecule has 0 heterocycles. The first-order valence-electron chi connectivity index (χ1n) is 6.91. The van der Waals surface area contributed by atoms with Gasteiger partial charge in [-0.3, -0.25) is 0 Å². The quantitative estimate of drug-likeness (QED) is 0.874. The summed E-state index contributed by atoms with van der Waals surface area (Å²) in [5.74, 6) is 0. The Morgan fingerprint density at radius 1 is 1.05 bits per heavy atom. The second-order valence-corrected chi connectivity index (χ2v) is 5.10. The Bertz CT molecular complexity index is 565. The van der Waals surface area contributed by atoms with Crippen molar-refractivity contribution in [2.45, 2.75) is 31.9 Å². The van der Waals surface area contributed by atoms with E-state index in [4.69, 9.17) is 0 Å². The molecule has 0 amide bonds. The highest BCUT2D eigenvalue weighted by molar-refractivity contribution is 5.53. The molecule has 0 saturated heterocycles. The summed E-state index contributed by atoms with van der Waals surface area (Å²) in [4.78, 5) is 0. The predicted molar refractivity (Wildman–Crippen MR) is 78.1 cm³/mol. The summed E-state index contributed by atoms with van der Waals surface area (Å²) >= 11 is 0. The molecule has 0 spiro atoms. The number of aliphatic hydroxyl groups is 1. The average molecular weight is 253 g/mol. The summed E-state index contributed by atoms with van der Waals surface area (Å²) in [7, 11) is 0. The van der Waals surface area contributed by atoms with Crippen molar-refractivity contribution < 1.29 is 5.11 Å². The van der Waals surface area contributed by atoms with Crippen molar-refractivity contribution in [3.8, 4) is 0 Å². The number of benzene rings is 2. The Balaban J connectivity index is 1.88. The molecule has 98 valence electrons. The van der Waals surface area contributed by atoms with Crippen LogP contribution in [0.15, 0.2) is 48.5 Å². The van der Waals surface area contributed by atoms with E-state index >= 15 is 0 Å². The van der Waals surface area contributed by atoms with Gasteiger partial charge in [0.05, 0.1) is 12.6 Å². The van der Waals surface area contributed by atoms with Gasteiger partial charge < -0.3 is 10.4 Å². The second kappa shape index (κ2) is 5.45. The summed E-state index contributed by atoms with van der Waals surface area (Å²) < 4.78 is 0. The fraction of sp³-hybridized carbons (Fsp3) is 0.294. The molecule has 2 nitrogen and oxygen atoms in total. The first-order valence-corrected chi connectivity index (χ1v) is 6.91. The number of fused-ring (bicyclic) bond motifs is 1. The number of nitrogens with one attached hydrogen (secondary N) is 1. The fourth-order valence-corrected chi connectivity index (χ4v) is 2.89. The molecule has 1 aliphatic carbocycles. The maximum atomic E-state index is 9.40. The lowest BCUT2D eigenvalue weighted by atomic mass is 9.87. The molecule has 19 heavy (non-hydrogen) atoms. The number of aryl methyl sites for hydroxylation is 1. The van der Waals surface area contributed by atoms with Crippen LogP contribution in [0.3, 0.4) is 0 Å². The second-order valence-electron chi connectivity index (χ2n) is 5.10. The maximum absolute atomic E-state index is 9.40. The molecule has 2 aromatic rings. The van der Waals surface area contributed by atoms with Gasteiger partial charge in [0, 0.05) is 11.3 Å². The Morgan fingerprint density at radius 2 is 1.84 bits per heavy atom. The minimum Gasteiger partial charge on any atom is -0.392 e. The molecule has 0 bridgehead atoms. The normalized spacial score (nSPS) is 17.8. The zero-order chi connectivity index (χ0) is 13.1. The van der Waals surface area contributed by atoms with Gasteiger partial charge in [-0.05, 0) is 36.5 Å². The largest absolute Gasteiger partial charge is 0.392 e. The van der Waals surface area contributed by atoms with Crippen LogP contribution in [0.5, 0.6) is 0 Å². The van der Waals surface area contributed by atoms with Gasteiger partial charge in [-0.1, -0.05) is 42.5 Å². The Kier molecular flexibility index (Phi) is 3.51. The standard InChI is InChI=1S/C17H19NO/c19-12-14-7-2-4-10-16(14)18-17-11-5-8-13-6-1-3-9-15(13)17/h1-4,6-7,9-10,17-19H,5,8,11-12H2. The molecule has 0 fully saturated rings. The molecule has 0 saturated carbocycles. The molecule has 1 aliphatic rings. The van der Waals surface area contributed by atoms with Crippen LogP contribution in [-0.4, -0.2) is 5.11 Å². The Morgan fingerprint density at radius 3 is 2.74 bits per heavy atom. The lowest BCUT2D eigenvalue weighted by Crippen LogP contribution is -2.18. The van der Waals surface area contributed by atoms with Crippen molar-refractivity contribution >= 4 is 5.69 Å². The fourth-order valence-electron chi connectivity index (χ4n) is 2.89. The van der Waals surface area contributed by atoms with Crippen molar-refractivity contribution in [3.63, 3.8) is 0 Å². The summed E-state index contributed by atoms with van der Waals surface area (Å²) in [6.45, 7) is 0.0809. The van der Waals surface area contributed by atoms with Gasteiger partial charge in [-0.2, -0.15) is 0 Å². The lowest BCUT2D eigenvalue weighted by Gasteiger charge is -2.28. The minimum atomic E-state index is 0.0809. The number of para-hydroxylation sites is 1. The van der Waals surface area contributed by atoms with Crippen LogP contribution >= 0.6 is 0 Å². The third-order valence-corrected chi connectivity index (χ3v) is 3.89. The smallest absolute Gasteiger partial charge is 0.0701 e. The molecular weight excluding hydrogens is 234 g/mol. The first kappa shape index (κ1) is 12.2. The maximum Gasteiger partial charge on any atom is 0.0701 e.